The van der Waals surface area contributed by atoms with Crippen LogP contribution < -0.4 is 0 Å². The molecule has 0 aliphatic heterocycles. The van der Waals surface area contributed by atoms with Gasteiger partial charge in [0.1, 0.15) is 5.75 Å². The first-order valence-corrected chi connectivity index (χ1v) is 6.05. The first-order chi connectivity index (χ1) is 9.41. The number of Topliss-reactive ketones (excluding diaryl/α,β-unsaturated/α-hetero) is 1. The molecule has 5 nitrogen and oxygen atoms in total. The minimum atomic E-state index is -0.622. The molecule has 100 valence electrons. The van der Waals surface area contributed by atoms with Crippen LogP contribution >= 0.6 is 11.6 Å². The summed E-state index contributed by atoms with van der Waals surface area (Å²) >= 11 is 5.88. The molecule has 0 spiro atoms. The number of ketones is 3. The molecule has 1 aromatic heterocycles. The molecule has 1 heterocycles. The van der Waals surface area contributed by atoms with Gasteiger partial charge in [0.05, 0.1) is 16.1 Å². The number of phenolic OH excluding ortho intramolecular Hbond substituents is 1. The molecule has 1 aliphatic carbocycles. The van der Waals surface area contributed by atoms with Gasteiger partial charge >= 0.3 is 0 Å². The van der Waals surface area contributed by atoms with E-state index in [0.29, 0.717) is 0 Å². The maximum atomic E-state index is 12.3. The number of halogens is 1. The van der Waals surface area contributed by atoms with E-state index in [0.717, 1.165) is 0 Å². The van der Waals surface area contributed by atoms with Crippen molar-refractivity contribution in [1.29, 1.82) is 0 Å². The molecule has 6 heteroatoms. The number of rotatable bonds is 1. The third kappa shape index (κ3) is 1.53. The van der Waals surface area contributed by atoms with Crippen LogP contribution in [-0.2, 0) is 0 Å². The zero-order valence-electron chi connectivity index (χ0n) is 10.2. The van der Waals surface area contributed by atoms with Gasteiger partial charge in [0.15, 0.2) is 23.1 Å². The minimum Gasteiger partial charge on any atom is -0.506 e. The highest BCUT2D eigenvalue weighted by Gasteiger charge is 2.36. The molecule has 0 unspecified atom stereocenters. The summed E-state index contributed by atoms with van der Waals surface area (Å²) < 4.78 is 5.14. The van der Waals surface area contributed by atoms with Crippen molar-refractivity contribution in [2.24, 2.45) is 0 Å². The summed E-state index contributed by atoms with van der Waals surface area (Å²) in [5, 5.41) is 9.34. The van der Waals surface area contributed by atoms with E-state index in [4.69, 9.17) is 16.0 Å². The predicted molar refractivity (Wildman–Crippen MR) is 68.7 cm³/mol. The van der Waals surface area contributed by atoms with E-state index in [-0.39, 0.29) is 39.0 Å². The fourth-order valence-electron chi connectivity index (χ4n) is 2.14. The first kappa shape index (κ1) is 12.6. The normalized spacial score (nSPS) is 13.1. The molecule has 0 radical (unpaired) electrons. The van der Waals surface area contributed by atoms with E-state index in [1.165, 1.54) is 25.1 Å². The Kier molecular flexibility index (Phi) is 2.55. The number of furan rings is 1. The van der Waals surface area contributed by atoms with E-state index in [1.54, 1.807) is 0 Å². The maximum absolute atomic E-state index is 12.3. The van der Waals surface area contributed by atoms with Crippen LogP contribution in [0.5, 0.6) is 5.75 Å². The highest BCUT2D eigenvalue weighted by molar-refractivity contribution is 6.39. The van der Waals surface area contributed by atoms with Crippen molar-refractivity contribution in [2.45, 2.75) is 6.92 Å². The molecule has 0 saturated heterocycles. The number of fused-ring (bicyclic) bond motifs is 2. The van der Waals surface area contributed by atoms with Gasteiger partial charge in [-0.15, -0.1) is 0 Å². The Balaban J connectivity index is 2.31. The van der Waals surface area contributed by atoms with Gasteiger partial charge in [-0.1, -0.05) is 11.6 Å². The number of phenols is 1. The lowest BCUT2D eigenvalue weighted by molar-refractivity contribution is 0.0947. The summed E-state index contributed by atoms with van der Waals surface area (Å²) in [6.07, 6.45) is 0. The van der Waals surface area contributed by atoms with Crippen LogP contribution in [0, 0.1) is 0 Å². The molecule has 0 amide bonds. The smallest absolute Gasteiger partial charge is 0.231 e. The molecule has 3 rings (SSSR count). The van der Waals surface area contributed by atoms with Gasteiger partial charge in [0.25, 0.3) is 0 Å². The van der Waals surface area contributed by atoms with Crippen LogP contribution in [0.15, 0.2) is 22.6 Å². The third-order valence-electron chi connectivity index (χ3n) is 3.12. The lowest BCUT2D eigenvalue weighted by atomic mass is 9.88. The summed E-state index contributed by atoms with van der Waals surface area (Å²) in [6.45, 7) is 1.27. The topological polar surface area (TPSA) is 84.6 Å². The SMILES string of the molecule is CC(=O)c1cc2c(o1)C(=O)c1c(ccc(O)c1Cl)C2=O. The van der Waals surface area contributed by atoms with Gasteiger partial charge in [-0.25, -0.2) is 0 Å². The summed E-state index contributed by atoms with van der Waals surface area (Å²) in [6, 6.07) is 3.81. The molecule has 0 fully saturated rings. The number of carbonyl (C=O) groups excluding carboxylic acids is 3. The van der Waals surface area contributed by atoms with Crippen molar-refractivity contribution in [3.63, 3.8) is 0 Å². The predicted octanol–water partition coefficient (Wildman–Crippen LogP) is 2.62. The van der Waals surface area contributed by atoms with Gasteiger partial charge in [-0.2, -0.15) is 0 Å². The highest BCUT2D eigenvalue weighted by atomic mass is 35.5. The lowest BCUT2D eigenvalue weighted by Gasteiger charge is -2.14. The Morgan fingerprint density at radius 3 is 2.55 bits per heavy atom. The van der Waals surface area contributed by atoms with Crippen molar-refractivity contribution in [2.75, 3.05) is 0 Å². The van der Waals surface area contributed by atoms with Gasteiger partial charge in [-0.05, 0) is 18.2 Å². The molecule has 2 aromatic rings. The van der Waals surface area contributed by atoms with Crippen LogP contribution in [0.3, 0.4) is 0 Å². The number of aromatic hydroxyl groups is 1. The third-order valence-corrected chi connectivity index (χ3v) is 3.51. The van der Waals surface area contributed by atoms with Crippen LogP contribution in [0.2, 0.25) is 5.02 Å². The Morgan fingerprint density at radius 2 is 1.90 bits per heavy atom. The standard InChI is InChI=1S/C14H7ClO5/c1-5(16)9-4-7-12(18)6-2-3-8(17)11(15)10(6)13(19)14(7)20-9/h2-4,17H,1H3. The Bertz CT molecular complexity index is 800. The largest absolute Gasteiger partial charge is 0.506 e. The second-order valence-corrected chi connectivity index (χ2v) is 4.77. The summed E-state index contributed by atoms with van der Waals surface area (Å²) in [7, 11) is 0. The van der Waals surface area contributed by atoms with Crippen molar-refractivity contribution in [3.05, 3.63) is 51.4 Å². The van der Waals surface area contributed by atoms with Crippen LogP contribution in [0.4, 0.5) is 0 Å². The minimum absolute atomic E-state index is 0.0365. The molecule has 0 atom stereocenters. The van der Waals surface area contributed by atoms with Crippen molar-refractivity contribution in [3.8, 4) is 5.75 Å². The van der Waals surface area contributed by atoms with Gasteiger partial charge < -0.3 is 9.52 Å². The molecule has 0 bridgehead atoms. The quantitative estimate of drug-likeness (QED) is 0.696. The Hall–Kier alpha value is -2.40. The second kappa shape index (κ2) is 4.05. The Labute approximate surface area is 117 Å². The summed E-state index contributed by atoms with van der Waals surface area (Å²) in [4.78, 5) is 35.9. The molecule has 1 N–H and O–H groups in total. The van der Waals surface area contributed by atoms with E-state index in [2.05, 4.69) is 0 Å². The molecule has 1 aromatic carbocycles. The van der Waals surface area contributed by atoms with Crippen LogP contribution in [0.25, 0.3) is 0 Å². The van der Waals surface area contributed by atoms with Gasteiger partial charge in [-0.3, -0.25) is 14.4 Å². The highest BCUT2D eigenvalue weighted by Crippen LogP contribution is 2.37. The molecule has 20 heavy (non-hydrogen) atoms. The zero-order chi connectivity index (χ0) is 14.6. The second-order valence-electron chi connectivity index (χ2n) is 4.39. The summed E-state index contributed by atoms with van der Waals surface area (Å²) in [5.41, 5.74) is 0.0178. The van der Waals surface area contributed by atoms with Crippen molar-refractivity contribution >= 4 is 29.0 Å². The first-order valence-electron chi connectivity index (χ1n) is 5.67. The van der Waals surface area contributed by atoms with Crippen LogP contribution in [0.1, 0.15) is 49.5 Å². The molecule has 1 aliphatic rings. The van der Waals surface area contributed by atoms with E-state index < -0.39 is 17.3 Å². The fourth-order valence-corrected chi connectivity index (χ4v) is 2.39. The monoisotopic (exact) mass is 290 g/mol. The Morgan fingerprint density at radius 1 is 1.20 bits per heavy atom. The molecular weight excluding hydrogens is 284 g/mol. The van der Waals surface area contributed by atoms with Gasteiger partial charge in [0.2, 0.25) is 5.78 Å². The number of benzene rings is 1. The number of hydrogen-bond acceptors (Lipinski definition) is 5. The van der Waals surface area contributed by atoms with Gasteiger partial charge in [0, 0.05) is 12.5 Å². The number of hydrogen-bond donors (Lipinski definition) is 1. The molecular formula is C14H7ClO5. The van der Waals surface area contributed by atoms with Crippen molar-refractivity contribution < 1.29 is 23.9 Å². The maximum Gasteiger partial charge on any atom is 0.231 e. The van der Waals surface area contributed by atoms with E-state index in [9.17, 15) is 19.5 Å². The molecule has 0 saturated carbocycles. The average Bonchev–Trinajstić information content (AvgIpc) is 2.85. The van der Waals surface area contributed by atoms with Crippen LogP contribution in [-0.4, -0.2) is 22.5 Å². The van der Waals surface area contributed by atoms with E-state index in [1.807, 2.05) is 0 Å². The van der Waals surface area contributed by atoms with Crippen molar-refractivity contribution in [1.82, 2.24) is 0 Å². The van der Waals surface area contributed by atoms with E-state index >= 15 is 0 Å². The lowest BCUT2D eigenvalue weighted by Crippen LogP contribution is -2.19. The average molecular weight is 291 g/mol. The fraction of sp³-hybridized carbons (Fsp3) is 0.0714. The summed E-state index contributed by atoms with van der Waals surface area (Å²) in [5.74, 6) is -2.06. The number of carbonyl (C=O) groups is 3. The zero-order valence-corrected chi connectivity index (χ0v) is 10.9.